The lowest BCUT2D eigenvalue weighted by Crippen LogP contribution is -2.46. The van der Waals surface area contributed by atoms with Gasteiger partial charge in [-0.15, -0.1) is 0 Å². The smallest absolute Gasteiger partial charge is 0.410 e. The van der Waals surface area contributed by atoms with E-state index in [1.165, 1.54) is 4.90 Å². The molecule has 2 heterocycles. The normalized spacial score (nSPS) is 19.2. The van der Waals surface area contributed by atoms with Gasteiger partial charge >= 0.3 is 6.09 Å². The minimum atomic E-state index is -0.443. The Morgan fingerprint density at radius 2 is 1.69 bits per heavy atom. The maximum atomic E-state index is 13.0. The maximum Gasteiger partial charge on any atom is 0.410 e. The average molecular weight is 392 g/mol. The molecule has 150 valence electrons. The van der Waals surface area contributed by atoms with Crippen LogP contribution in [0.3, 0.4) is 0 Å². The number of hydrogen-bond acceptors (Lipinski definition) is 4. The van der Waals surface area contributed by atoms with Crippen molar-refractivity contribution in [1.82, 2.24) is 9.80 Å². The van der Waals surface area contributed by atoms with Crippen LogP contribution in [0.2, 0.25) is 0 Å². The molecule has 1 atom stereocenters. The Bertz CT molecular complexity index is 895. The van der Waals surface area contributed by atoms with Gasteiger partial charge in [0.2, 0.25) is 5.91 Å². The molecule has 0 spiro atoms. The minimum Gasteiger partial charge on any atom is -0.448 e. The van der Waals surface area contributed by atoms with Gasteiger partial charge < -0.3 is 9.64 Å². The molecular formula is C23H24N2O4. The summed E-state index contributed by atoms with van der Waals surface area (Å²) in [5.74, 6) is -0.260. The van der Waals surface area contributed by atoms with Gasteiger partial charge in [-0.2, -0.15) is 0 Å². The van der Waals surface area contributed by atoms with Crippen LogP contribution >= 0.6 is 0 Å². The molecule has 2 aromatic carbocycles. The first-order valence-electron chi connectivity index (χ1n) is 10.0. The first kappa shape index (κ1) is 19.2. The number of carbonyl (C=O) groups is 3. The molecule has 0 saturated carbocycles. The first-order chi connectivity index (χ1) is 14.1. The van der Waals surface area contributed by atoms with E-state index in [9.17, 15) is 14.4 Å². The van der Waals surface area contributed by atoms with E-state index in [4.69, 9.17) is 4.74 Å². The zero-order chi connectivity index (χ0) is 20.2. The number of piperidine rings is 1. The number of likely N-dealkylation sites (tertiary alicyclic amines) is 1. The molecule has 0 radical (unpaired) electrons. The number of rotatable bonds is 5. The van der Waals surface area contributed by atoms with Gasteiger partial charge in [0.05, 0.1) is 6.54 Å². The number of Topliss-reactive ketones (excluding diaryl/α,β-unsaturated/α-hetero) is 1. The van der Waals surface area contributed by atoms with Gasteiger partial charge in [-0.1, -0.05) is 54.6 Å². The number of carbonyl (C=O) groups excluding carboxylic acids is 3. The molecule has 2 amide bonds. The van der Waals surface area contributed by atoms with E-state index >= 15 is 0 Å². The van der Waals surface area contributed by atoms with Crippen LogP contribution in [0.25, 0.3) is 11.1 Å². The second kappa shape index (κ2) is 8.47. The van der Waals surface area contributed by atoms with Crippen molar-refractivity contribution < 1.29 is 19.1 Å². The lowest BCUT2D eigenvalue weighted by molar-refractivity contribution is -0.133. The van der Waals surface area contributed by atoms with Crippen molar-refractivity contribution in [3.05, 3.63) is 60.2 Å². The van der Waals surface area contributed by atoms with E-state index in [0.717, 1.165) is 24.0 Å². The number of cyclic esters (lactones) is 1. The Balaban J connectivity index is 1.39. The summed E-state index contributed by atoms with van der Waals surface area (Å²) in [4.78, 5) is 40.2. The molecule has 6 heteroatoms. The summed E-state index contributed by atoms with van der Waals surface area (Å²) >= 11 is 0. The number of benzene rings is 2. The molecular weight excluding hydrogens is 368 g/mol. The van der Waals surface area contributed by atoms with Crippen molar-refractivity contribution in [3.8, 4) is 11.1 Å². The summed E-state index contributed by atoms with van der Waals surface area (Å²) in [7, 11) is 0. The van der Waals surface area contributed by atoms with Crippen LogP contribution in [0.1, 0.15) is 23.2 Å². The highest BCUT2D eigenvalue weighted by atomic mass is 16.6. The van der Waals surface area contributed by atoms with Crippen molar-refractivity contribution in [2.24, 2.45) is 5.92 Å². The van der Waals surface area contributed by atoms with Crippen molar-refractivity contribution >= 4 is 17.8 Å². The molecule has 0 aliphatic carbocycles. The number of nitrogens with zero attached hydrogens (tertiary/aromatic N) is 2. The Labute approximate surface area is 170 Å². The maximum absolute atomic E-state index is 13.0. The lowest BCUT2D eigenvalue weighted by Gasteiger charge is -2.33. The zero-order valence-electron chi connectivity index (χ0n) is 16.3. The lowest BCUT2D eigenvalue weighted by atomic mass is 9.89. The van der Waals surface area contributed by atoms with Crippen LogP contribution in [0, 0.1) is 5.92 Å². The summed E-state index contributed by atoms with van der Waals surface area (Å²) in [6, 6.07) is 17.7. The molecule has 29 heavy (non-hydrogen) atoms. The molecule has 0 aromatic heterocycles. The number of ether oxygens (including phenoxy) is 1. The van der Waals surface area contributed by atoms with Crippen molar-refractivity contribution in [2.75, 3.05) is 32.8 Å². The molecule has 2 aliphatic rings. The van der Waals surface area contributed by atoms with Crippen molar-refractivity contribution in [2.45, 2.75) is 12.8 Å². The number of ketones is 1. The summed E-state index contributed by atoms with van der Waals surface area (Å²) in [6.07, 6.45) is 1.12. The zero-order valence-corrected chi connectivity index (χ0v) is 16.3. The fourth-order valence-electron chi connectivity index (χ4n) is 3.94. The van der Waals surface area contributed by atoms with Crippen LogP contribution in [-0.2, 0) is 9.53 Å². The summed E-state index contributed by atoms with van der Waals surface area (Å²) in [6.45, 7) is 1.81. The third kappa shape index (κ3) is 4.31. The molecule has 0 N–H and O–H groups in total. The number of hydrogen-bond donors (Lipinski definition) is 0. The minimum absolute atomic E-state index is 0.0194. The molecule has 2 saturated heterocycles. The highest BCUT2D eigenvalue weighted by Gasteiger charge is 2.31. The molecule has 2 aromatic rings. The van der Waals surface area contributed by atoms with Crippen molar-refractivity contribution in [1.29, 1.82) is 0 Å². The fraction of sp³-hybridized carbons (Fsp3) is 0.348. The van der Waals surface area contributed by atoms with Crippen LogP contribution in [0.5, 0.6) is 0 Å². The predicted octanol–water partition coefficient (Wildman–Crippen LogP) is 3.23. The van der Waals surface area contributed by atoms with Gasteiger partial charge in [-0.05, 0) is 24.0 Å². The number of amides is 2. The Morgan fingerprint density at radius 3 is 2.38 bits per heavy atom. The van der Waals surface area contributed by atoms with Gasteiger partial charge in [0.15, 0.2) is 5.78 Å². The predicted molar refractivity (Wildman–Crippen MR) is 108 cm³/mol. The van der Waals surface area contributed by atoms with E-state index in [1.807, 2.05) is 54.6 Å². The second-order valence-electron chi connectivity index (χ2n) is 7.52. The van der Waals surface area contributed by atoms with Crippen molar-refractivity contribution in [3.63, 3.8) is 0 Å². The topological polar surface area (TPSA) is 66.9 Å². The van der Waals surface area contributed by atoms with E-state index < -0.39 is 6.09 Å². The molecule has 2 fully saturated rings. The molecule has 1 unspecified atom stereocenters. The molecule has 0 bridgehead atoms. The quantitative estimate of drug-likeness (QED) is 0.733. The Hall–Kier alpha value is -3.15. The third-order valence-corrected chi connectivity index (χ3v) is 5.59. The van der Waals surface area contributed by atoms with Gasteiger partial charge in [-0.25, -0.2) is 4.79 Å². The SMILES string of the molecule is O=C(c1ccc(-c2ccccc2)cc1)C1CCCN(C(=O)CN2CCOC2=O)C1. The first-order valence-corrected chi connectivity index (χ1v) is 10.0. The van der Waals surface area contributed by atoms with E-state index in [2.05, 4.69) is 0 Å². The molecule has 2 aliphatic heterocycles. The van der Waals surface area contributed by atoms with E-state index in [1.54, 1.807) is 4.90 Å². The average Bonchev–Trinajstić information content (AvgIpc) is 3.18. The summed E-state index contributed by atoms with van der Waals surface area (Å²) in [5, 5.41) is 0. The van der Waals surface area contributed by atoms with E-state index in [0.29, 0.717) is 31.8 Å². The van der Waals surface area contributed by atoms with Crippen LogP contribution in [0.4, 0.5) is 4.79 Å². The third-order valence-electron chi connectivity index (χ3n) is 5.59. The Morgan fingerprint density at radius 1 is 0.966 bits per heavy atom. The van der Waals surface area contributed by atoms with E-state index in [-0.39, 0.29) is 24.2 Å². The fourth-order valence-corrected chi connectivity index (χ4v) is 3.94. The van der Waals surface area contributed by atoms with Gasteiger partial charge in [0.1, 0.15) is 13.2 Å². The van der Waals surface area contributed by atoms with Crippen LogP contribution < -0.4 is 0 Å². The standard InChI is InChI=1S/C23H24N2O4/c26-21(16-25-13-14-29-23(25)28)24-12-4-7-20(15-24)22(27)19-10-8-18(9-11-19)17-5-2-1-3-6-17/h1-3,5-6,8-11,20H,4,7,12-16H2. The van der Waals surface area contributed by atoms with Crippen LogP contribution in [-0.4, -0.2) is 60.4 Å². The van der Waals surface area contributed by atoms with Crippen LogP contribution in [0.15, 0.2) is 54.6 Å². The monoisotopic (exact) mass is 392 g/mol. The van der Waals surface area contributed by atoms with Gasteiger partial charge in [0, 0.05) is 24.6 Å². The highest BCUT2D eigenvalue weighted by Crippen LogP contribution is 2.24. The van der Waals surface area contributed by atoms with Gasteiger partial charge in [-0.3, -0.25) is 14.5 Å². The molecule has 6 nitrogen and oxygen atoms in total. The summed E-state index contributed by atoms with van der Waals surface area (Å²) < 4.78 is 4.87. The largest absolute Gasteiger partial charge is 0.448 e. The molecule has 4 rings (SSSR count). The Kier molecular flexibility index (Phi) is 5.60. The highest BCUT2D eigenvalue weighted by molar-refractivity contribution is 5.98. The van der Waals surface area contributed by atoms with Gasteiger partial charge in [0.25, 0.3) is 0 Å². The summed E-state index contributed by atoms with van der Waals surface area (Å²) in [5.41, 5.74) is 2.86. The second-order valence-corrected chi connectivity index (χ2v) is 7.52.